The molecule has 0 saturated carbocycles. The molecule has 2 unspecified atom stereocenters. The van der Waals surface area contributed by atoms with E-state index >= 15 is 0 Å². The highest BCUT2D eigenvalue weighted by Crippen LogP contribution is 2.12. The maximum absolute atomic E-state index is 9.48. The van der Waals surface area contributed by atoms with Crippen molar-refractivity contribution in [3.63, 3.8) is 0 Å². The van der Waals surface area contributed by atoms with Crippen molar-refractivity contribution >= 4 is 0 Å². The van der Waals surface area contributed by atoms with Crippen LogP contribution in [0, 0.1) is 0 Å². The second-order valence-corrected chi connectivity index (χ2v) is 3.27. The minimum atomic E-state index is -1.17. The van der Waals surface area contributed by atoms with Crippen LogP contribution in [0.3, 0.4) is 0 Å². The van der Waals surface area contributed by atoms with Crippen molar-refractivity contribution in [3.05, 3.63) is 0 Å². The standard InChI is InChI=1S/C8H20N2O2/c1-3-5-6(11)7(12)8(9,10)4-2/h6-7,11-12H,3-5,9-10H2,1-2H3. The third kappa shape index (κ3) is 3.06. The van der Waals surface area contributed by atoms with Crippen LogP contribution in [0.5, 0.6) is 0 Å². The molecule has 12 heavy (non-hydrogen) atoms. The van der Waals surface area contributed by atoms with Gasteiger partial charge in [-0.25, -0.2) is 0 Å². The molecule has 0 rings (SSSR count). The molecule has 0 aliphatic heterocycles. The van der Waals surface area contributed by atoms with E-state index in [1.165, 1.54) is 0 Å². The van der Waals surface area contributed by atoms with E-state index in [-0.39, 0.29) is 0 Å². The Kier molecular flexibility index (Phi) is 4.70. The normalized spacial score (nSPS) is 17.5. The van der Waals surface area contributed by atoms with Crippen LogP contribution in [0.4, 0.5) is 0 Å². The van der Waals surface area contributed by atoms with Crippen LogP contribution in [-0.2, 0) is 0 Å². The third-order valence-electron chi connectivity index (χ3n) is 2.11. The molecule has 0 aromatic rings. The van der Waals surface area contributed by atoms with Gasteiger partial charge in [-0.1, -0.05) is 20.3 Å². The van der Waals surface area contributed by atoms with Gasteiger partial charge < -0.3 is 21.7 Å². The average Bonchev–Trinajstić information content (AvgIpc) is 2.03. The molecule has 0 aliphatic rings. The molecule has 0 aromatic heterocycles. The first-order chi connectivity index (χ1) is 5.45. The van der Waals surface area contributed by atoms with Crippen molar-refractivity contribution in [1.29, 1.82) is 0 Å². The van der Waals surface area contributed by atoms with Gasteiger partial charge in [-0.05, 0) is 12.8 Å². The van der Waals surface area contributed by atoms with E-state index in [0.29, 0.717) is 12.8 Å². The number of hydrogen-bond donors (Lipinski definition) is 4. The van der Waals surface area contributed by atoms with Gasteiger partial charge in [0, 0.05) is 0 Å². The van der Waals surface area contributed by atoms with Gasteiger partial charge in [0.15, 0.2) is 0 Å². The fourth-order valence-corrected chi connectivity index (χ4v) is 1.02. The summed E-state index contributed by atoms with van der Waals surface area (Å²) < 4.78 is 0. The minimum absolute atomic E-state index is 0.439. The summed E-state index contributed by atoms with van der Waals surface area (Å²) in [6, 6.07) is 0. The highest BCUT2D eigenvalue weighted by atomic mass is 16.3. The van der Waals surface area contributed by atoms with Crippen molar-refractivity contribution in [2.45, 2.75) is 51.0 Å². The first kappa shape index (κ1) is 11.8. The maximum atomic E-state index is 9.48. The van der Waals surface area contributed by atoms with E-state index in [1.54, 1.807) is 6.92 Å². The molecule has 0 bridgehead atoms. The molecule has 0 aliphatic carbocycles. The van der Waals surface area contributed by atoms with Crippen LogP contribution in [0.1, 0.15) is 33.1 Å². The number of hydrogen-bond acceptors (Lipinski definition) is 4. The van der Waals surface area contributed by atoms with Gasteiger partial charge in [0.2, 0.25) is 0 Å². The Balaban J connectivity index is 4.07. The van der Waals surface area contributed by atoms with Crippen LogP contribution >= 0.6 is 0 Å². The number of aliphatic hydroxyl groups excluding tert-OH is 2. The largest absolute Gasteiger partial charge is 0.390 e. The molecule has 0 radical (unpaired) electrons. The van der Waals surface area contributed by atoms with E-state index in [2.05, 4.69) is 0 Å². The first-order valence-electron chi connectivity index (χ1n) is 4.39. The van der Waals surface area contributed by atoms with E-state index in [9.17, 15) is 10.2 Å². The number of aliphatic hydroxyl groups is 2. The third-order valence-corrected chi connectivity index (χ3v) is 2.11. The SMILES string of the molecule is CCCC(O)C(O)C(N)(N)CC. The summed E-state index contributed by atoms with van der Waals surface area (Å²) in [5, 5.41) is 18.9. The molecule has 0 aromatic carbocycles. The van der Waals surface area contributed by atoms with Crippen LogP contribution < -0.4 is 11.5 Å². The fourth-order valence-electron chi connectivity index (χ4n) is 1.02. The molecular formula is C8H20N2O2. The second kappa shape index (κ2) is 4.77. The predicted octanol–water partition coefficient (Wildman–Crippen LogP) is -0.468. The van der Waals surface area contributed by atoms with Crippen LogP contribution in [0.15, 0.2) is 0 Å². The summed E-state index contributed by atoms with van der Waals surface area (Å²) in [5.74, 6) is 0. The highest BCUT2D eigenvalue weighted by molar-refractivity contribution is 4.88. The number of rotatable bonds is 5. The minimum Gasteiger partial charge on any atom is -0.390 e. The molecule has 0 saturated heterocycles. The van der Waals surface area contributed by atoms with E-state index < -0.39 is 17.9 Å². The Morgan fingerprint density at radius 1 is 1.25 bits per heavy atom. The molecule has 74 valence electrons. The van der Waals surface area contributed by atoms with Crippen LogP contribution in [0.25, 0.3) is 0 Å². The lowest BCUT2D eigenvalue weighted by Crippen LogP contribution is -2.62. The maximum Gasteiger partial charge on any atom is 0.111 e. The molecule has 2 atom stereocenters. The lowest BCUT2D eigenvalue weighted by atomic mass is 9.95. The lowest BCUT2D eigenvalue weighted by molar-refractivity contribution is -0.0326. The van der Waals surface area contributed by atoms with E-state index in [4.69, 9.17) is 11.5 Å². The molecule has 4 heteroatoms. The molecule has 0 fully saturated rings. The lowest BCUT2D eigenvalue weighted by Gasteiger charge is -2.32. The summed E-state index contributed by atoms with van der Waals surface area (Å²) in [7, 11) is 0. The zero-order valence-electron chi connectivity index (χ0n) is 7.83. The molecule has 0 amide bonds. The van der Waals surface area contributed by atoms with Crippen molar-refractivity contribution < 1.29 is 10.2 Å². The average molecular weight is 176 g/mol. The fraction of sp³-hybridized carbons (Fsp3) is 1.00. The van der Waals surface area contributed by atoms with Gasteiger partial charge in [0.05, 0.1) is 11.8 Å². The van der Waals surface area contributed by atoms with Gasteiger partial charge in [-0.2, -0.15) is 0 Å². The van der Waals surface area contributed by atoms with E-state index in [1.807, 2.05) is 6.92 Å². The Morgan fingerprint density at radius 3 is 2.08 bits per heavy atom. The van der Waals surface area contributed by atoms with Crippen LogP contribution in [0.2, 0.25) is 0 Å². The van der Waals surface area contributed by atoms with Crippen molar-refractivity contribution in [2.24, 2.45) is 11.5 Å². The Bertz CT molecular complexity index is 128. The zero-order chi connectivity index (χ0) is 9.78. The summed E-state index contributed by atoms with van der Waals surface area (Å²) in [6.45, 7) is 3.71. The van der Waals surface area contributed by atoms with E-state index in [0.717, 1.165) is 6.42 Å². The van der Waals surface area contributed by atoms with Crippen molar-refractivity contribution in [3.8, 4) is 0 Å². The molecule has 6 N–H and O–H groups in total. The molecule has 0 spiro atoms. The Morgan fingerprint density at radius 2 is 1.75 bits per heavy atom. The van der Waals surface area contributed by atoms with Gasteiger partial charge in [0.25, 0.3) is 0 Å². The summed E-state index contributed by atoms with van der Waals surface area (Å²) in [4.78, 5) is 0. The highest BCUT2D eigenvalue weighted by Gasteiger charge is 2.32. The Hall–Kier alpha value is -0.160. The molecule has 4 nitrogen and oxygen atoms in total. The van der Waals surface area contributed by atoms with Gasteiger partial charge >= 0.3 is 0 Å². The van der Waals surface area contributed by atoms with Crippen molar-refractivity contribution in [2.75, 3.05) is 0 Å². The monoisotopic (exact) mass is 176 g/mol. The predicted molar refractivity (Wildman–Crippen MR) is 48.3 cm³/mol. The molecule has 0 heterocycles. The summed E-state index contributed by atoms with van der Waals surface area (Å²) in [6.07, 6.45) is -0.0861. The van der Waals surface area contributed by atoms with Crippen molar-refractivity contribution in [1.82, 2.24) is 0 Å². The summed E-state index contributed by atoms with van der Waals surface area (Å²) >= 11 is 0. The van der Waals surface area contributed by atoms with Crippen LogP contribution in [-0.4, -0.2) is 28.1 Å². The molecular weight excluding hydrogens is 156 g/mol. The topological polar surface area (TPSA) is 92.5 Å². The zero-order valence-corrected chi connectivity index (χ0v) is 7.83. The first-order valence-corrected chi connectivity index (χ1v) is 4.39. The number of nitrogens with two attached hydrogens (primary N) is 2. The van der Waals surface area contributed by atoms with Gasteiger partial charge in [-0.15, -0.1) is 0 Å². The van der Waals surface area contributed by atoms with Gasteiger partial charge in [0.1, 0.15) is 6.10 Å². The summed E-state index contributed by atoms with van der Waals surface area (Å²) in [5.41, 5.74) is 9.94. The second-order valence-electron chi connectivity index (χ2n) is 3.27. The Labute approximate surface area is 73.6 Å². The van der Waals surface area contributed by atoms with Gasteiger partial charge in [-0.3, -0.25) is 0 Å². The quantitative estimate of drug-likeness (QED) is 0.426. The smallest absolute Gasteiger partial charge is 0.111 e.